The van der Waals surface area contributed by atoms with Gasteiger partial charge in [0.25, 0.3) is 0 Å². The molecule has 1 aromatic heterocycles. The summed E-state index contributed by atoms with van der Waals surface area (Å²) >= 11 is 5.96. The van der Waals surface area contributed by atoms with Crippen LogP contribution in [0.2, 0.25) is 0 Å². The molecule has 0 aromatic carbocycles. The number of hydrogen-bond acceptors (Lipinski definition) is 3. The average molecular weight is 373 g/mol. The van der Waals surface area contributed by atoms with E-state index in [0.29, 0.717) is 5.88 Å². The number of pyridine rings is 1. The normalized spacial score (nSPS) is 14.1. The van der Waals surface area contributed by atoms with Gasteiger partial charge in [0.15, 0.2) is 12.4 Å². The van der Waals surface area contributed by atoms with Gasteiger partial charge in [-0.25, -0.2) is 0 Å². The fourth-order valence-electron chi connectivity index (χ4n) is 2.67. The van der Waals surface area contributed by atoms with Crippen molar-refractivity contribution >= 4 is 11.6 Å². The number of alkyl halides is 1. The number of nitrogens with two attached hydrogens (primary N) is 1. The second-order valence-electron chi connectivity index (χ2n) is 6.11. The van der Waals surface area contributed by atoms with E-state index in [9.17, 15) is 5.26 Å². The molecule has 6 heteroatoms. The van der Waals surface area contributed by atoms with E-state index in [4.69, 9.17) is 17.3 Å². The fraction of sp³-hybridized carbons (Fsp3) is 0.667. The van der Waals surface area contributed by atoms with Crippen LogP contribution in [0.5, 0.6) is 0 Å². The number of nitrogens with zero attached hydrogens (tertiary/aromatic N) is 2. The summed E-state index contributed by atoms with van der Waals surface area (Å²) in [6, 6.07) is 8.19. The van der Waals surface area contributed by atoms with Crippen molar-refractivity contribution in [3.05, 3.63) is 30.6 Å². The summed E-state index contributed by atoms with van der Waals surface area (Å²) in [6.07, 6.45) is 11.8. The molecule has 0 saturated heterocycles. The molecular weight excluding hydrogens is 343 g/mol. The van der Waals surface area contributed by atoms with Gasteiger partial charge in [0.05, 0.1) is 18.0 Å². The van der Waals surface area contributed by atoms with Crippen LogP contribution in [-0.4, -0.2) is 18.0 Å². The first-order valence-corrected chi connectivity index (χ1v) is 9.18. The van der Waals surface area contributed by atoms with Crippen LogP contribution in [0.15, 0.2) is 30.6 Å². The summed E-state index contributed by atoms with van der Waals surface area (Å²) in [5, 5.41) is 9.34. The smallest absolute Gasteiger partial charge is 0.199 e. The Morgan fingerprint density at radius 1 is 1.17 bits per heavy atom. The van der Waals surface area contributed by atoms with Gasteiger partial charge in [-0.15, -0.1) is 11.6 Å². The summed E-state index contributed by atoms with van der Waals surface area (Å²) in [7, 11) is 0. The molecule has 0 saturated carbocycles. The quantitative estimate of drug-likeness (QED) is 0.316. The monoisotopic (exact) mass is 372 g/mol. The molecule has 24 heavy (non-hydrogen) atoms. The Kier molecular flexibility index (Phi) is 13.7. The molecule has 1 rings (SSSR count). The van der Waals surface area contributed by atoms with Crippen LogP contribution in [0.25, 0.3) is 0 Å². The Morgan fingerprint density at radius 2 is 1.83 bits per heavy atom. The van der Waals surface area contributed by atoms with Crippen LogP contribution in [0, 0.1) is 17.2 Å². The SMILES string of the molecule is CCCCCCCC(N)CC(N[n+]1ccccc1)C(C#N)CCl.[Cl-]. The maximum absolute atomic E-state index is 9.34. The van der Waals surface area contributed by atoms with Crippen LogP contribution < -0.4 is 28.2 Å². The zero-order valence-electron chi connectivity index (χ0n) is 14.5. The van der Waals surface area contributed by atoms with E-state index < -0.39 is 0 Å². The number of unbranched alkanes of at least 4 members (excludes halogenated alkanes) is 4. The van der Waals surface area contributed by atoms with E-state index >= 15 is 0 Å². The minimum atomic E-state index is -0.254. The van der Waals surface area contributed by atoms with Gasteiger partial charge in [0.2, 0.25) is 0 Å². The van der Waals surface area contributed by atoms with Crippen molar-refractivity contribution < 1.29 is 17.1 Å². The molecule has 4 nitrogen and oxygen atoms in total. The molecule has 0 spiro atoms. The number of nitriles is 1. The summed E-state index contributed by atoms with van der Waals surface area (Å²) < 4.78 is 1.87. The van der Waals surface area contributed by atoms with Gasteiger partial charge in [-0.05, 0) is 12.8 Å². The molecule has 0 fully saturated rings. The Balaban J connectivity index is 0.00000529. The second kappa shape index (κ2) is 14.3. The van der Waals surface area contributed by atoms with Crippen molar-refractivity contribution in [3.8, 4) is 6.07 Å². The molecule has 3 unspecified atom stereocenters. The first kappa shape index (κ1) is 23.0. The maximum atomic E-state index is 9.34. The summed E-state index contributed by atoms with van der Waals surface area (Å²) in [6.45, 7) is 2.22. The summed E-state index contributed by atoms with van der Waals surface area (Å²) in [5.74, 6) is 0.0561. The van der Waals surface area contributed by atoms with Gasteiger partial charge in [0.1, 0.15) is 0 Å². The lowest BCUT2D eigenvalue weighted by atomic mass is 9.94. The zero-order chi connectivity index (χ0) is 16.9. The highest BCUT2D eigenvalue weighted by Gasteiger charge is 2.26. The molecule has 1 aromatic rings. The molecule has 0 radical (unpaired) electrons. The second-order valence-corrected chi connectivity index (χ2v) is 6.42. The highest BCUT2D eigenvalue weighted by molar-refractivity contribution is 6.18. The van der Waals surface area contributed by atoms with Crippen molar-refractivity contribution in [2.24, 2.45) is 11.7 Å². The van der Waals surface area contributed by atoms with Crippen molar-refractivity contribution in [2.75, 3.05) is 11.3 Å². The van der Waals surface area contributed by atoms with E-state index in [1.54, 1.807) is 0 Å². The molecular formula is C18H30Cl2N4. The van der Waals surface area contributed by atoms with Gasteiger partial charge < -0.3 is 18.1 Å². The third-order valence-electron chi connectivity index (χ3n) is 4.08. The van der Waals surface area contributed by atoms with Gasteiger partial charge in [-0.2, -0.15) is 10.7 Å². The maximum Gasteiger partial charge on any atom is 0.199 e. The molecule has 0 amide bonds. The van der Waals surface area contributed by atoms with Crippen molar-refractivity contribution in [1.82, 2.24) is 0 Å². The molecule has 0 aliphatic heterocycles. The summed E-state index contributed by atoms with van der Waals surface area (Å²) in [5.41, 5.74) is 9.64. The lowest BCUT2D eigenvalue weighted by molar-refractivity contribution is -0.654. The van der Waals surface area contributed by atoms with Crippen LogP contribution in [-0.2, 0) is 0 Å². The number of halogens is 2. The third kappa shape index (κ3) is 9.32. The van der Waals surface area contributed by atoms with Crippen LogP contribution in [0.4, 0.5) is 0 Å². The standard InChI is InChI=1S/C18H30ClN4.ClH/c1-2-3-4-5-7-10-17(21)13-18(16(14-19)15-20)22-23-11-8-6-9-12-23;/h6,8-9,11-12,16-18,22H,2-5,7,10,13-14,21H2,1H3;1H/q+1;/p-1. The van der Waals surface area contributed by atoms with Gasteiger partial charge in [0, 0.05) is 24.1 Å². The first-order chi connectivity index (χ1) is 11.2. The van der Waals surface area contributed by atoms with Crippen LogP contribution in [0.1, 0.15) is 51.9 Å². The predicted octanol–water partition coefficient (Wildman–Crippen LogP) is 0.347. The lowest BCUT2D eigenvalue weighted by Crippen LogP contribution is -3.00. The molecule has 3 N–H and O–H groups in total. The molecule has 136 valence electrons. The Labute approximate surface area is 157 Å². The highest BCUT2D eigenvalue weighted by Crippen LogP contribution is 2.15. The number of aromatic nitrogens is 1. The number of rotatable bonds is 12. The lowest BCUT2D eigenvalue weighted by Gasteiger charge is -2.22. The fourth-order valence-corrected chi connectivity index (χ4v) is 2.95. The topological polar surface area (TPSA) is 65.7 Å². The molecule has 3 atom stereocenters. The van der Waals surface area contributed by atoms with E-state index in [1.165, 1.54) is 25.7 Å². The van der Waals surface area contributed by atoms with Crippen LogP contribution >= 0.6 is 11.6 Å². The van der Waals surface area contributed by atoms with Crippen molar-refractivity contribution in [3.63, 3.8) is 0 Å². The molecule has 0 aliphatic carbocycles. The van der Waals surface area contributed by atoms with E-state index in [-0.39, 0.29) is 30.4 Å². The largest absolute Gasteiger partial charge is 1.00 e. The predicted molar refractivity (Wildman–Crippen MR) is 95.6 cm³/mol. The zero-order valence-corrected chi connectivity index (χ0v) is 16.0. The minimum Gasteiger partial charge on any atom is -1.00 e. The third-order valence-corrected chi connectivity index (χ3v) is 4.42. The van der Waals surface area contributed by atoms with E-state index in [2.05, 4.69) is 18.4 Å². The van der Waals surface area contributed by atoms with Crippen molar-refractivity contribution in [2.45, 2.75) is 64.0 Å². The van der Waals surface area contributed by atoms with Gasteiger partial charge in [-0.1, -0.05) is 49.8 Å². The Morgan fingerprint density at radius 3 is 2.42 bits per heavy atom. The van der Waals surface area contributed by atoms with E-state index in [0.717, 1.165) is 19.3 Å². The summed E-state index contributed by atoms with van der Waals surface area (Å²) in [4.78, 5) is 0. The van der Waals surface area contributed by atoms with Crippen LogP contribution in [0.3, 0.4) is 0 Å². The first-order valence-electron chi connectivity index (χ1n) is 8.65. The highest BCUT2D eigenvalue weighted by atomic mass is 35.5. The van der Waals surface area contributed by atoms with Crippen molar-refractivity contribution in [1.29, 1.82) is 5.26 Å². The van der Waals surface area contributed by atoms with Gasteiger partial charge >= 0.3 is 0 Å². The Hall–Kier alpha value is -1.02. The number of nitrogens with one attached hydrogen (secondary N) is 1. The molecule has 0 aliphatic rings. The minimum absolute atomic E-state index is 0. The number of hydrogen-bond donors (Lipinski definition) is 2. The molecule has 1 heterocycles. The molecule has 0 bridgehead atoms. The van der Waals surface area contributed by atoms with E-state index in [1.807, 2.05) is 35.3 Å². The average Bonchev–Trinajstić information content (AvgIpc) is 2.56. The van der Waals surface area contributed by atoms with Gasteiger partial charge in [-0.3, -0.25) is 0 Å². The Bertz CT molecular complexity index is 450.